The van der Waals surface area contributed by atoms with Crippen LogP contribution >= 0.6 is 11.8 Å². The van der Waals surface area contributed by atoms with E-state index in [2.05, 4.69) is 48.1 Å². The van der Waals surface area contributed by atoms with Crippen molar-refractivity contribution in [3.8, 4) is 0 Å². The number of fused-ring (bicyclic) bond motifs is 1. The van der Waals surface area contributed by atoms with Gasteiger partial charge in [0.05, 0.1) is 17.0 Å². The number of carbonyl (C=O) groups is 1. The van der Waals surface area contributed by atoms with E-state index in [0.29, 0.717) is 5.91 Å². The minimum Gasteiger partial charge on any atom is -0.335 e. The largest absolute Gasteiger partial charge is 0.335 e. The van der Waals surface area contributed by atoms with Crippen molar-refractivity contribution in [2.24, 2.45) is 7.05 Å². The molecule has 4 nitrogen and oxygen atoms in total. The lowest BCUT2D eigenvalue weighted by molar-refractivity contribution is -0.131. The molecule has 1 aromatic carbocycles. The van der Waals surface area contributed by atoms with Crippen molar-refractivity contribution in [3.05, 3.63) is 46.8 Å². The molecule has 2 aliphatic heterocycles. The number of rotatable bonds is 2. The van der Waals surface area contributed by atoms with Crippen molar-refractivity contribution in [2.45, 2.75) is 49.3 Å². The van der Waals surface area contributed by atoms with Gasteiger partial charge in [-0.2, -0.15) is 5.10 Å². The average molecular weight is 341 g/mol. The lowest BCUT2D eigenvalue weighted by Gasteiger charge is -2.27. The molecule has 126 valence electrons. The fourth-order valence-corrected chi connectivity index (χ4v) is 5.37. The van der Waals surface area contributed by atoms with Crippen molar-refractivity contribution < 1.29 is 4.79 Å². The standard InChI is InChI=1S/C19H23N3OS/c1-12-18(13(2)21(3)20-12)15-8-6-10-22(15)19(23)17-11-14-7-4-5-9-16(14)24-17/h4-5,7,9,15,17H,6,8,10-11H2,1-3H3/t15-,17+/m1/s1. The number of nitrogens with zero attached hydrogens (tertiary/aromatic N) is 3. The maximum Gasteiger partial charge on any atom is 0.236 e. The van der Waals surface area contributed by atoms with Crippen LogP contribution in [0.1, 0.15) is 41.4 Å². The molecule has 0 spiro atoms. The highest BCUT2D eigenvalue weighted by Gasteiger charge is 2.38. The Morgan fingerprint density at radius 2 is 2.08 bits per heavy atom. The first-order valence-electron chi connectivity index (χ1n) is 8.61. The van der Waals surface area contributed by atoms with E-state index in [9.17, 15) is 4.79 Å². The summed E-state index contributed by atoms with van der Waals surface area (Å²) in [7, 11) is 1.98. The number of thioether (sulfide) groups is 1. The third-order valence-electron chi connectivity index (χ3n) is 5.36. The molecule has 0 bridgehead atoms. The minimum absolute atomic E-state index is 0.0280. The number of carbonyl (C=O) groups excluding carboxylic acids is 1. The summed E-state index contributed by atoms with van der Waals surface area (Å²) in [5.41, 5.74) is 4.80. The van der Waals surface area contributed by atoms with Gasteiger partial charge in [0.25, 0.3) is 0 Å². The molecule has 0 unspecified atom stereocenters. The number of hydrogen-bond acceptors (Lipinski definition) is 3. The van der Waals surface area contributed by atoms with Crippen LogP contribution in [0.3, 0.4) is 0 Å². The molecule has 1 amide bonds. The summed E-state index contributed by atoms with van der Waals surface area (Å²) in [6.45, 7) is 5.03. The van der Waals surface area contributed by atoms with Crippen LogP contribution in [0.25, 0.3) is 0 Å². The molecule has 1 saturated heterocycles. The van der Waals surface area contributed by atoms with Crippen molar-refractivity contribution in [3.63, 3.8) is 0 Å². The summed E-state index contributed by atoms with van der Waals surface area (Å²) in [4.78, 5) is 16.6. The molecule has 0 saturated carbocycles. The summed E-state index contributed by atoms with van der Waals surface area (Å²) >= 11 is 1.73. The average Bonchev–Trinajstić information content (AvgIpc) is 3.25. The van der Waals surface area contributed by atoms with Gasteiger partial charge in [0, 0.05) is 29.7 Å². The van der Waals surface area contributed by atoms with Gasteiger partial charge in [0.1, 0.15) is 0 Å². The Kier molecular flexibility index (Phi) is 3.91. The van der Waals surface area contributed by atoms with Gasteiger partial charge in [-0.05, 0) is 44.7 Å². The lowest BCUT2D eigenvalue weighted by Crippen LogP contribution is -2.37. The van der Waals surface area contributed by atoms with Crippen molar-refractivity contribution >= 4 is 17.7 Å². The summed E-state index contributed by atoms with van der Waals surface area (Å²) in [5.74, 6) is 0.293. The van der Waals surface area contributed by atoms with E-state index in [1.54, 1.807) is 11.8 Å². The maximum atomic E-state index is 13.2. The van der Waals surface area contributed by atoms with Crippen LogP contribution < -0.4 is 0 Å². The van der Waals surface area contributed by atoms with Gasteiger partial charge >= 0.3 is 0 Å². The zero-order chi connectivity index (χ0) is 16.8. The monoisotopic (exact) mass is 341 g/mol. The Morgan fingerprint density at radius 3 is 2.79 bits per heavy atom. The van der Waals surface area contributed by atoms with Gasteiger partial charge in [0.2, 0.25) is 5.91 Å². The van der Waals surface area contributed by atoms with Gasteiger partial charge < -0.3 is 4.90 Å². The molecule has 0 N–H and O–H groups in total. The third-order valence-corrected chi connectivity index (χ3v) is 6.66. The minimum atomic E-state index is 0.0280. The summed E-state index contributed by atoms with van der Waals surface area (Å²) < 4.78 is 1.94. The van der Waals surface area contributed by atoms with Gasteiger partial charge in [-0.15, -0.1) is 11.8 Å². The molecule has 2 aliphatic rings. The van der Waals surface area contributed by atoms with Crippen LogP contribution in [0.4, 0.5) is 0 Å². The molecule has 0 aliphatic carbocycles. The van der Waals surface area contributed by atoms with Gasteiger partial charge in [-0.25, -0.2) is 0 Å². The molecule has 24 heavy (non-hydrogen) atoms. The van der Waals surface area contributed by atoms with Gasteiger partial charge in [-0.1, -0.05) is 18.2 Å². The van der Waals surface area contributed by atoms with Crippen LogP contribution in [0.2, 0.25) is 0 Å². The number of benzene rings is 1. The second-order valence-electron chi connectivity index (χ2n) is 6.82. The number of amides is 1. The second kappa shape index (κ2) is 5.96. The number of aromatic nitrogens is 2. The molecular formula is C19H23N3OS. The molecule has 2 aromatic rings. The molecule has 5 heteroatoms. The van der Waals surface area contributed by atoms with Gasteiger partial charge in [0.15, 0.2) is 0 Å². The zero-order valence-electron chi connectivity index (χ0n) is 14.5. The van der Waals surface area contributed by atoms with E-state index in [1.807, 2.05) is 11.7 Å². The van der Waals surface area contributed by atoms with E-state index in [1.165, 1.54) is 21.7 Å². The molecular weight excluding hydrogens is 318 g/mol. The number of likely N-dealkylation sites (tertiary alicyclic amines) is 1. The highest BCUT2D eigenvalue weighted by atomic mass is 32.2. The first kappa shape index (κ1) is 15.8. The topological polar surface area (TPSA) is 38.1 Å². The normalized spacial score (nSPS) is 22.9. The van der Waals surface area contributed by atoms with Crippen LogP contribution in [-0.2, 0) is 18.3 Å². The van der Waals surface area contributed by atoms with Crippen molar-refractivity contribution in [1.29, 1.82) is 0 Å². The SMILES string of the molecule is Cc1nn(C)c(C)c1[C@H]1CCCN1C(=O)[C@@H]1Cc2ccccc2S1. The van der Waals surface area contributed by atoms with Crippen LogP contribution in [0.5, 0.6) is 0 Å². The van der Waals surface area contributed by atoms with E-state index in [0.717, 1.165) is 31.5 Å². The Morgan fingerprint density at radius 1 is 1.29 bits per heavy atom. The Balaban J connectivity index is 1.59. The highest BCUT2D eigenvalue weighted by molar-refractivity contribution is 8.01. The van der Waals surface area contributed by atoms with E-state index < -0.39 is 0 Å². The predicted octanol–water partition coefficient (Wildman–Crippen LogP) is 3.42. The number of hydrogen-bond donors (Lipinski definition) is 0. The van der Waals surface area contributed by atoms with Crippen molar-refractivity contribution in [1.82, 2.24) is 14.7 Å². The highest BCUT2D eigenvalue weighted by Crippen LogP contribution is 2.41. The van der Waals surface area contributed by atoms with Crippen LogP contribution in [0.15, 0.2) is 29.2 Å². The Bertz CT molecular complexity index is 773. The number of aryl methyl sites for hydroxylation is 2. The smallest absolute Gasteiger partial charge is 0.236 e. The molecule has 2 atom stereocenters. The molecule has 1 aromatic heterocycles. The summed E-state index contributed by atoms with van der Waals surface area (Å²) in [6.07, 6.45) is 2.98. The van der Waals surface area contributed by atoms with Gasteiger partial charge in [-0.3, -0.25) is 9.48 Å². The third kappa shape index (κ3) is 2.46. The molecule has 4 rings (SSSR count). The molecule has 3 heterocycles. The first-order valence-corrected chi connectivity index (χ1v) is 9.49. The quantitative estimate of drug-likeness (QED) is 0.840. The molecule has 1 fully saturated rings. The van der Waals surface area contributed by atoms with E-state index in [-0.39, 0.29) is 11.3 Å². The zero-order valence-corrected chi connectivity index (χ0v) is 15.3. The van der Waals surface area contributed by atoms with E-state index in [4.69, 9.17) is 0 Å². The summed E-state index contributed by atoms with van der Waals surface area (Å²) in [5, 5.41) is 4.58. The fraction of sp³-hybridized carbons (Fsp3) is 0.474. The van der Waals surface area contributed by atoms with E-state index >= 15 is 0 Å². The predicted molar refractivity (Wildman–Crippen MR) is 96.2 cm³/mol. The maximum absolute atomic E-state index is 13.2. The molecule has 0 radical (unpaired) electrons. The first-order chi connectivity index (χ1) is 11.6. The van der Waals surface area contributed by atoms with Crippen LogP contribution in [-0.4, -0.2) is 32.4 Å². The van der Waals surface area contributed by atoms with Crippen molar-refractivity contribution in [2.75, 3.05) is 6.54 Å². The lowest BCUT2D eigenvalue weighted by atomic mass is 10.0. The second-order valence-corrected chi connectivity index (χ2v) is 8.06. The Hall–Kier alpha value is -1.75. The Labute approximate surface area is 147 Å². The fourth-order valence-electron chi connectivity index (χ4n) is 4.11. The van der Waals surface area contributed by atoms with Crippen LogP contribution in [0, 0.1) is 13.8 Å². The summed E-state index contributed by atoms with van der Waals surface area (Å²) in [6, 6.07) is 8.58.